The number of aromatic nitrogens is 2. The molecule has 0 radical (unpaired) electrons. The zero-order valence-electron chi connectivity index (χ0n) is 21.7. The van der Waals surface area contributed by atoms with Gasteiger partial charge in [-0.15, -0.1) is 0 Å². The monoisotopic (exact) mass is 539 g/mol. The number of anilines is 1. The van der Waals surface area contributed by atoms with E-state index in [0.29, 0.717) is 55.8 Å². The first kappa shape index (κ1) is 26.3. The number of halogens is 1. The molecule has 2 fully saturated rings. The van der Waals surface area contributed by atoms with E-state index in [1.165, 1.54) is 6.26 Å². The maximum absolute atomic E-state index is 13.1. The Balaban J connectivity index is 1.18. The second kappa shape index (κ2) is 12.0. The Bertz CT molecular complexity index is 1240. The second-order valence-corrected chi connectivity index (χ2v) is 10.2. The topological polar surface area (TPSA) is 84.1 Å². The third-order valence-electron chi connectivity index (χ3n) is 7.20. The normalized spacial score (nSPS) is 17.7. The lowest BCUT2D eigenvalue weighted by Gasteiger charge is -2.35. The third kappa shape index (κ3) is 6.22. The average Bonchev–Trinajstić information content (AvgIpc) is 3.71. The summed E-state index contributed by atoms with van der Waals surface area (Å²) in [6, 6.07) is 11.7. The number of nitrogens with zero attached hydrogens (tertiary/aromatic N) is 5. The van der Waals surface area contributed by atoms with E-state index in [4.69, 9.17) is 20.8 Å². The first-order valence-corrected chi connectivity index (χ1v) is 13.7. The van der Waals surface area contributed by atoms with E-state index in [9.17, 15) is 9.59 Å². The first-order valence-electron chi connectivity index (χ1n) is 13.3. The second-order valence-electron chi connectivity index (χ2n) is 9.78. The van der Waals surface area contributed by atoms with Crippen molar-refractivity contribution < 1.29 is 18.7 Å². The summed E-state index contributed by atoms with van der Waals surface area (Å²) in [7, 11) is 0. The standard InChI is InChI=1S/C28H34ClN5O4/c1-2-27(35)34(18-24-9-5-15-37-24)17-23-8-4-10-33(23)19-26-30-25(20-38-26)28(36)32-13-11-31(12-14-32)22-7-3-6-21(29)16-22/h3-4,6-8,10,16,20,24H,2,5,9,11-15,17-19H2,1H3. The van der Waals surface area contributed by atoms with Gasteiger partial charge >= 0.3 is 0 Å². The van der Waals surface area contributed by atoms with Crippen molar-refractivity contribution in [3.63, 3.8) is 0 Å². The molecule has 3 aromatic rings. The minimum atomic E-state index is -0.130. The number of hydrogen-bond donors (Lipinski definition) is 0. The van der Waals surface area contributed by atoms with Gasteiger partial charge in [0.1, 0.15) is 6.26 Å². The summed E-state index contributed by atoms with van der Waals surface area (Å²) >= 11 is 6.13. The van der Waals surface area contributed by atoms with E-state index in [1.54, 1.807) is 0 Å². The lowest BCUT2D eigenvalue weighted by molar-refractivity contribution is -0.133. The van der Waals surface area contributed by atoms with Crippen LogP contribution in [-0.2, 0) is 22.6 Å². The predicted octanol–water partition coefficient (Wildman–Crippen LogP) is 4.06. The zero-order valence-corrected chi connectivity index (χ0v) is 22.5. The van der Waals surface area contributed by atoms with Gasteiger partial charge in [0, 0.05) is 68.4 Å². The number of carbonyl (C=O) groups excluding carboxylic acids is 2. The Kier molecular flexibility index (Phi) is 8.34. The lowest BCUT2D eigenvalue weighted by Crippen LogP contribution is -2.48. The number of benzene rings is 1. The smallest absolute Gasteiger partial charge is 0.275 e. The summed E-state index contributed by atoms with van der Waals surface area (Å²) in [6.07, 6.45) is 5.95. The summed E-state index contributed by atoms with van der Waals surface area (Å²) in [5.41, 5.74) is 2.35. The van der Waals surface area contributed by atoms with Crippen LogP contribution < -0.4 is 4.90 Å². The van der Waals surface area contributed by atoms with Crippen LogP contribution in [-0.4, -0.2) is 76.6 Å². The molecule has 10 heteroatoms. The van der Waals surface area contributed by atoms with Gasteiger partial charge in [0.2, 0.25) is 11.8 Å². The van der Waals surface area contributed by atoms with Crippen LogP contribution in [0.25, 0.3) is 0 Å². The molecule has 2 saturated heterocycles. The van der Waals surface area contributed by atoms with Gasteiger partial charge in [-0.3, -0.25) is 9.59 Å². The van der Waals surface area contributed by atoms with Crippen LogP contribution in [0.15, 0.2) is 53.3 Å². The highest BCUT2D eigenvalue weighted by molar-refractivity contribution is 6.30. The molecule has 1 atom stereocenters. The van der Waals surface area contributed by atoms with Crippen LogP contribution in [0.1, 0.15) is 48.3 Å². The Labute approximate surface area is 227 Å². The third-order valence-corrected chi connectivity index (χ3v) is 7.43. The molecule has 5 rings (SSSR count). The number of ether oxygens (including phenoxy) is 1. The van der Waals surface area contributed by atoms with Crippen LogP contribution in [0.4, 0.5) is 5.69 Å². The van der Waals surface area contributed by atoms with Crippen molar-refractivity contribution in [3.05, 3.63) is 71.2 Å². The summed E-state index contributed by atoms with van der Waals surface area (Å²) in [5.74, 6) is 0.429. The van der Waals surface area contributed by atoms with Crippen molar-refractivity contribution in [3.8, 4) is 0 Å². The van der Waals surface area contributed by atoms with Crippen molar-refractivity contribution in [2.24, 2.45) is 0 Å². The van der Waals surface area contributed by atoms with E-state index < -0.39 is 0 Å². The van der Waals surface area contributed by atoms with Crippen LogP contribution in [0, 0.1) is 0 Å². The van der Waals surface area contributed by atoms with E-state index in [2.05, 4.69) is 9.88 Å². The Morgan fingerprint density at radius 2 is 2.00 bits per heavy atom. The molecule has 9 nitrogen and oxygen atoms in total. The maximum Gasteiger partial charge on any atom is 0.275 e. The molecule has 2 aliphatic rings. The summed E-state index contributed by atoms with van der Waals surface area (Å²) in [5, 5.41) is 0.703. The summed E-state index contributed by atoms with van der Waals surface area (Å²) in [4.78, 5) is 36.1. The highest BCUT2D eigenvalue weighted by Gasteiger charge is 2.26. The number of hydrogen-bond acceptors (Lipinski definition) is 6. The molecule has 0 bridgehead atoms. The van der Waals surface area contributed by atoms with Crippen LogP contribution in [0.2, 0.25) is 5.02 Å². The Morgan fingerprint density at radius 3 is 2.74 bits per heavy atom. The molecule has 202 valence electrons. The van der Waals surface area contributed by atoms with Crippen LogP contribution in [0.5, 0.6) is 0 Å². The van der Waals surface area contributed by atoms with Gasteiger partial charge in [-0.1, -0.05) is 24.6 Å². The van der Waals surface area contributed by atoms with Crippen LogP contribution >= 0.6 is 11.6 Å². The molecule has 4 heterocycles. The number of piperazine rings is 1. The number of carbonyl (C=O) groups is 2. The molecule has 38 heavy (non-hydrogen) atoms. The van der Waals surface area contributed by atoms with Gasteiger partial charge in [-0.2, -0.15) is 0 Å². The number of rotatable bonds is 9. The van der Waals surface area contributed by atoms with Gasteiger partial charge in [0.25, 0.3) is 5.91 Å². The fraction of sp³-hybridized carbons (Fsp3) is 0.464. The Morgan fingerprint density at radius 1 is 1.16 bits per heavy atom. The number of oxazole rings is 1. The summed E-state index contributed by atoms with van der Waals surface area (Å²) < 4.78 is 13.5. The van der Waals surface area contributed by atoms with Gasteiger partial charge in [0.05, 0.1) is 19.2 Å². The molecule has 0 saturated carbocycles. The van der Waals surface area contributed by atoms with Crippen LogP contribution in [0.3, 0.4) is 0 Å². The molecule has 0 spiro atoms. The minimum Gasteiger partial charge on any atom is -0.446 e. The van der Waals surface area contributed by atoms with Gasteiger partial charge in [0.15, 0.2) is 5.69 Å². The maximum atomic E-state index is 13.1. The number of amides is 2. The molecule has 0 aliphatic carbocycles. The zero-order chi connectivity index (χ0) is 26.5. The first-order chi connectivity index (χ1) is 18.5. The molecule has 2 aromatic heterocycles. The van der Waals surface area contributed by atoms with E-state index in [1.807, 2.05) is 63.9 Å². The fourth-order valence-electron chi connectivity index (χ4n) is 5.09. The molecular weight excluding hydrogens is 506 g/mol. The molecule has 0 N–H and O–H groups in total. The quantitative estimate of drug-likeness (QED) is 0.408. The minimum absolute atomic E-state index is 0.0987. The molecular formula is C28H34ClN5O4. The van der Waals surface area contributed by atoms with Crippen molar-refractivity contribution in [1.82, 2.24) is 19.4 Å². The van der Waals surface area contributed by atoms with Gasteiger partial charge in [-0.25, -0.2) is 4.98 Å². The molecule has 2 aliphatic heterocycles. The van der Waals surface area contributed by atoms with Crippen molar-refractivity contribution >= 4 is 29.1 Å². The fourth-order valence-corrected chi connectivity index (χ4v) is 5.27. The van der Waals surface area contributed by atoms with E-state index in [-0.39, 0.29) is 17.9 Å². The van der Waals surface area contributed by atoms with Crippen molar-refractivity contribution in [1.29, 1.82) is 0 Å². The molecule has 2 amide bonds. The van der Waals surface area contributed by atoms with Crippen molar-refractivity contribution in [2.45, 2.75) is 45.4 Å². The lowest BCUT2D eigenvalue weighted by atomic mass is 10.2. The highest BCUT2D eigenvalue weighted by Crippen LogP contribution is 2.22. The van der Waals surface area contributed by atoms with Gasteiger partial charge < -0.3 is 28.4 Å². The van der Waals surface area contributed by atoms with Crippen molar-refractivity contribution in [2.75, 3.05) is 44.2 Å². The molecule has 1 aromatic carbocycles. The highest BCUT2D eigenvalue weighted by atomic mass is 35.5. The summed E-state index contributed by atoms with van der Waals surface area (Å²) in [6.45, 7) is 6.76. The van der Waals surface area contributed by atoms with E-state index >= 15 is 0 Å². The van der Waals surface area contributed by atoms with E-state index in [0.717, 1.165) is 43.9 Å². The average molecular weight is 540 g/mol. The Hall–Kier alpha value is -3.30. The SMILES string of the molecule is CCC(=O)N(Cc1cccn1Cc1nc(C(=O)N2CCN(c3cccc(Cl)c3)CC2)co1)CC1CCCO1. The largest absolute Gasteiger partial charge is 0.446 e. The predicted molar refractivity (Wildman–Crippen MR) is 144 cm³/mol. The molecule has 1 unspecified atom stereocenters. The van der Waals surface area contributed by atoms with Gasteiger partial charge in [-0.05, 0) is 43.2 Å².